The van der Waals surface area contributed by atoms with Crippen LogP contribution in [0.15, 0.2) is 97.1 Å². The van der Waals surface area contributed by atoms with Crippen molar-refractivity contribution in [2.24, 2.45) is 0 Å². The van der Waals surface area contributed by atoms with Crippen LogP contribution in [-0.2, 0) is 48.3 Å². The Morgan fingerprint density at radius 2 is 0.884 bits per heavy atom. The van der Waals surface area contributed by atoms with E-state index in [2.05, 4.69) is 0 Å². The van der Waals surface area contributed by atoms with E-state index < -0.39 is 105 Å². The topological polar surface area (TPSA) is 202 Å². The molecule has 0 aliphatic carbocycles. The van der Waals surface area contributed by atoms with Crippen LogP contribution in [0.5, 0.6) is 0 Å². The lowest BCUT2D eigenvalue weighted by atomic mass is 9.89. The Morgan fingerprint density at radius 1 is 0.551 bits per heavy atom. The van der Waals surface area contributed by atoms with Crippen LogP contribution in [0.4, 0.5) is 0 Å². The molecule has 0 unspecified atom stereocenters. The van der Waals surface area contributed by atoms with Gasteiger partial charge in [-0.1, -0.05) is 130 Å². The van der Waals surface area contributed by atoms with Gasteiger partial charge in [0.25, 0.3) is 11.8 Å². The Labute approximate surface area is 424 Å². The highest BCUT2D eigenvalue weighted by Gasteiger charge is 2.49. The molecule has 376 valence electrons. The predicted molar refractivity (Wildman–Crippen MR) is 268 cm³/mol. The van der Waals surface area contributed by atoms with Crippen LogP contribution in [0.1, 0.15) is 107 Å². The normalized spacial score (nSPS) is 21.6. The second-order valence-corrected chi connectivity index (χ2v) is 22.9. The summed E-state index contributed by atoms with van der Waals surface area (Å²) in [5.74, 6) is -4.11. The first-order chi connectivity index (χ1) is 32.1. The molecule has 8 atom stereocenters. The molecule has 69 heavy (non-hydrogen) atoms. The van der Waals surface area contributed by atoms with Crippen LogP contribution < -0.4 is 0 Å². The van der Waals surface area contributed by atoms with Gasteiger partial charge in [0.1, 0.15) is 24.4 Å². The van der Waals surface area contributed by atoms with Crippen LogP contribution in [0.25, 0.3) is 0 Å². The first-order valence-electron chi connectivity index (χ1n) is 21.9. The number of benzene rings is 4. The van der Waals surface area contributed by atoms with Crippen molar-refractivity contribution in [1.29, 1.82) is 0 Å². The minimum atomic E-state index is -3.44. The van der Waals surface area contributed by atoms with E-state index in [1.165, 1.54) is 9.80 Å². The standard InChI is InChI=1S/2C24H27Cl2NO6S.CH4/c2*1-3-19(14-34(31,32)4-2)27-22(15-8-10-17(25)11-9-15)23(16-6-5-7-18(26)12-16)33-20(24(27)30)13-21(28)29;/h2*5-12,19-20,22-23H,3-4,13-14H2,1-2H3,(H,28,29);1H4/t19-,20+,22+,23+;19-,20-,22+,23+;/m00./s1. The molecule has 2 aliphatic rings. The Bertz CT molecular complexity index is 2460. The Balaban J connectivity index is 0.000000296. The van der Waals surface area contributed by atoms with E-state index in [1.807, 2.05) is 0 Å². The lowest BCUT2D eigenvalue weighted by Gasteiger charge is -2.48. The summed E-state index contributed by atoms with van der Waals surface area (Å²) in [5, 5.41) is 20.8. The van der Waals surface area contributed by atoms with E-state index in [9.17, 15) is 46.2 Å². The average Bonchev–Trinajstić information content (AvgIpc) is 3.29. The molecule has 0 bridgehead atoms. The number of carbonyl (C=O) groups excluding carboxylic acids is 2. The molecule has 0 spiro atoms. The molecule has 0 radical (unpaired) electrons. The van der Waals surface area contributed by atoms with Gasteiger partial charge in [-0.05, 0) is 83.6 Å². The predicted octanol–water partition coefficient (Wildman–Crippen LogP) is 10.0. The largest absolute Gasteiger partial charge is 0.481 e. The summed E-state index contributed by atoms with van der Waals surface area (Å²) < 4.78 is 62.5. The summed E-state index contributed by atoms with van der Waals surface area (Å²) in [6.45, 7) is 6.72. The molecule has 14 nitrogen and oxygen atoms in total. The minimum Gasteiger partial charge on any atom is -0.481 e. The van der Waals surface area contributed by atoms with Gasteiger partial charge in [0, 0.05) is 43.7 Å². The molecule has 20 heteroatoms. The van der Waals surface area contributed by atoms with Crippen LogP contribution in [0, 0.1) is 0 Å². The van der Waals surface area contributed by atoms with E-state index in [0.29, 0.717) is 55.2 Å². The van der Waals surface area contributed by atoms with E-state index in [-0.39, 0.29) is 30.4 Å². The van der Waals surface area contributed by atoms with Gasteiger partial charge in [-0.2, -0.15) is 0 Å². The van der Waals surface area contributed by atoms with Crippen molar-refractivity contribution in [3.63, 3.8) is 0 Å². The number of ether oxygens (including phenoxy) is 2. The SMILES string of the molecule is C.CC[C@@H](CS(=O)(=O)CC)N1C(=O)[C@@H](CC(=O)O)O[C@H](c2cccc(Cl)c2)[C@H]1c1ccc(Cl)cc1.CC[C@@H](CS(=O)(=O)CC)N1C(=O)[C@H](CC(=O)O)O[C@H](c2cccc(Cl)c2)[C@H]1c1ccc(Cl)cc1. The maximum atomic E-state index is 13.6. The Morgan fingerprint density at radius 3 is 1.16 bits per heavy atom. The van der Waals surface area contributed by atoms with Gasteiger partial charge in [0.05, 0.1) is 36.4 Å². The van der Waals surface area contributed by atoms with Crippen molar-refractivity contribution in [1.82, 2.24) is 9.80 Å². The number of carbonyl (C=O) groups is 4. The number of halogens is 4. The van der Waals surface area contributed by atoms with Gasteiger partial charge in [0.2, 0.25) is 0 Å². The zero-order valence-electron chi connectivity index (χ0n) is 37.7. The second-order valence-electron chi connectivity index (χ2n) is 16.4. The second kappa shape index (κ2) is 25.2. The van der Waals surface area contributed by atoms with Crippen LogP contribution in [-0.4, -0.2) is 108 Å². The summed E-state index contributed by atoms with van der Waals surface area (Å²) in [6, 6.07) is 24.8. The highest BCUT2D eigenvalue weighted by molar-refractivity contribution is 7.91. The molecule has 2 saturated heterocycles. The van der Waals surface area contributed by atoms with E-state index >= 15 is 0 Å². The highest BCUT2D eigenvalue weighted by atomic mass is 35.5. The van der Waals surface area contributed by atoms with Gasteiger partial charge >= 0.3 is 11.9 Å². The Hall–Kier alpha value is -4.26. The monoisotopic (exact) mass is 1070 g/mol. The summed E-state index contributed by atoms with van der Waals surface area (Å²) >= 11 is 24.7. The van der Waals surface area contributed by atoms with Crippen molar-refractivity contribution in [2.45, 2.75) is 109 Å². The summed E-state index contributed by atoms with van der Waals surface area (Å²) in [4.78, 5) is 53.3. The molecule has 4 aromatic carbocycles. The molecule has 0 aromatic heterocycles. The van der Waals surface area contributed by atoms with Crippen molar-refractivity contribution in [3.8, 4) is 0 Å². The number of morpholine rings is 2. The van der Waals surface area contributed by atoms with E-state index in [1.54, 1.807) is 125 Å². The van der Waals surface area contributed by atoms with Gasteiger partial charge in [0.15, 0.2) is 19.7 Å². The number of nitrogens with zero attached hydrogens (tertiary/aromatic N) is 2. The number of carboxylic acids is 2. The zero-order valence-corrected chi connectivity index (χ0v) is 42.4. The number of aliphatic carboxylic acids is 2. The molecular formula is C49H58Cl4N2O12S2. The smallest absolute Gasteiger partial charge is 0.306 e. The van der Waals surface area contributed by atoms with E-state index in [0.717, 1.165) is 0 Å². The van der Waals surface area contributed by atoms with Gasteiger partial charge in [-0.3, -0.25) is 19.2 Å². The molecule has 2 aliphatic heterocycles. The molecule has 6 rings (SSSR count). The molecular weight excluding hydrogens is 1010 g/mol. The third-order valence-corrected chi connectivity index (χ3v) is 16.4. The van der Waals surface area contributed by atoms with Crippen LogP contribution in [0.2, 0.25) is 20.1 Å². The molecule has 0 saturated carbocycles. The summed E-state index contributed by atoms with van der Waals surface area (Å²) in [5.41, 5.74) is 2.66. The fraction of sp³-hybridized carbons (Fsp3) is 0.429. The summed E-state index contributed by atoms with van der Waals surface area (Å²) in [7, 11) is -6.88. The first kappa shape index (κ1) is 57.3. The van der Waals surface area contributed by atoms with Gasteiger partial charge in [-0.15, -0.1) is 0 Å². The zero-order chi connectivity index (χ0) is 50.1. The maximum Gasteiger partial charge on any atom is 0.306 e. The van der Waals surface area contributed by atoms with Crippen LogP contribution in [0.3, 0.4) is 0 Å². The fourth-order valence-corrected chi connectivity index (χ4v) is 11.5. The first-order valence-corrected chi connectivity index (χ1v) is 27.1. The number of hydrogen-bond donors (Lipinski definition) is 2. The van der Waals surface area contributed by atoms with Crippen molar-refractivity contribution >= 4 is 89.8 Å². The number of sulfone groups is 2. The quantitative estimate of drug-likeness (QED) is 0.0956. The number of carboxylic acid groups (broad SMARTS) is 2. The molecule has 2 amide bonds. The maximum absolute atomic E-state index is 13.6. The molecule has 2 N–H and O–H groups in total. The van der Waals surface area contributed by atoms with Crippen LogP contribution >= 0.6 is 46.4 Å². The van der Waals surface area contributed by atoms with E-state index in [4.69, 9.17) is 55.9 Å². The fourth-order valence-electron chi connectivity index (χ4n) is 8.41. The third-order valence-electron chi connectivity index (χ3n) is 11.9. The van der Waals surface area contributed by atoms with Crippen molar-refractivity contribution in [3.05, 3.63) is 139 Å². The Kier molecular flexibility index (Phi) is 21.0. The lowest BCUT2D eigenvalue weighted by molar-refractivity contribution is -0.182. The van der Waals surface area contributed by atoms with Crippen molar-refractivity contribution in [2.75, 3.05) is 23.0 Å². The molecule has 2 heterocycles. The number of hydrogen-bond acceptors (Lipinski definition) is 10. The minimum absolute atomic E-state index is 0. The molecule has 2 fully saturated rings. The third kappa shape index (κ3) is 14.9. The lowest BCUT2D eigenvalue weighted by Crippen LogP contribution is -2.56. The van der Waals surface area contributed by atoms with Crippen molar-refractivity contribution < 1.29 is 55.7 Å². The molecule has 4 aromatic rings. The summed E-state index contributed by atoms with van der Waals surface area (Å²) in [6.07, 6.45) is -4.48. The number of amides is 2. The highest BCUT2D eigenvalue weighted by Crippen LogP contribution is 2.46. The van der Waals surface area contributed by atoms with Gasteiger partial charge in [-0.25, -0.2) is 16.8 Å². The number of rotatable bonds is 18. The average molecular weight is 1070 g/mol. The van der Waals surface area contributed by atoms with Gasteiger partial charge < -0.3 is 29.5 Å².